The average Bonchev–Trinajstić information content (AvgIpc) is 3.05. The van der Waals surface area contributed by atoms with Gasteiger partial charge in [0.15, 0.2) is 11.6 Å². The zero-order valence-corrected chi connectivity index (χ0v) is 19.3. The zero-order chi connectivity index (χ0) is 23.0. The van der Waals surface area contributed by atoms with Crippen LogP contribution in [-0.2, 0) is 9.59 Å². The third kappa shape index (κ3) is 4.04. The second-order valence-corrected chi connectivity index (χ2v) is 8.84. The van der Waals surface area contributed by atoms with E-state index >= 15 is 0 Å². The van der Waals surface area contributed by atoms with Crippen molar-refractivity contribution in [3.8, 4) is 0 Å². The van der Waals surface area contributed by atoms with E-state index in [1.165, 1.54) is 11.8 Å². The average molecular weight is 511 g/mol. The molecule has 2 atom stereocenters. The van der Waals surface area contributed by atoms with Gasteiger partial charge in [-0.2, -0.15) is 0 Å². The van der Waals surface area contributed by atoms with E-state index in [0.717, 1.165) is 4.47 Å². The number of amides is 1. The lowest BCUT2D eigenvalue weighted by Crippen LogP contribution is -2.30. The summed E-state index contributed by atoms with van der Waals surface area (Å²) >= 11 is 9.32. The van der Waals surface area contributed by atoms with Crippen molar-refractivity contribution < 1.29 is 19.2 Å². The van der Waals surface area contributed by atoms with Crippen molar-refractivity contribution in [2.45, 2.75) is 13.0 Å². The number of hydrogen-bond acceptors (Lipinski definition) is 4. The quantitative estimate of drug-likeness (QED) is 0.260. The van der Waals surface area contributed by atoms with Gasteiger partial charge in [-0.05, 0) is 73.2 Å². The van der Waals surface area contributed by atoms with Crippen molar-refractivity contribution in [3.05, 3.63) is 99.0 Å². The number of carbonyl (C=O) groups excluding carboxylic acids is 4. The summed E-state index contributed by atoms with van der Waals surface area (Å²) in [7, 11) is 0. The van der Waals surface area contributed by atoms with E-state index < -0.39 is 29.4 Å². The van der Waals surface area contributed by atoms with Crippen LogP contribution in [0.2, 0.25) is 5.02 Å². The molecule has 3 aromatic carbocycles. The Bertz CT molecular complexity index is 1220. The van der Waals surface area contributed by atoms with Gasteiger partial charge < -0.3 is 0 Å². The summed E-state index contributed by atoms with van der Waals surface area (Å²) < 4.78 is 0.829. The fraction of sp³-hybridized carbons (Fsp3) is 0.120. The van der Waals surface area contributed by atoms with Crippen LogP contribution in [0.1, 0.15) is 39.2 Å². The van der Waals surface area contributed by atoms with Gasteiger partial charge in [-0.3, -0.25) is 24.1 Å². The van der Waals surface area contributed by atoms with Gasteiger partial charge in [0, 0.05) is 26.3 Å². The van der Waals surface area contributed by atoms with E-state index in [9.17, 15) is 19.2 Å². The molecule has 7 heteroatoms. The summed E-state index contributed by atoms with van der Waals surface area (Å²) in [6.07, 6.45) is 0. The van der Waals surface area contributed by atoms with E-state index in [1.54, 1.807) is 72.8 Å². The molecule has 160 valence electrons. The van der Waals surface area contributed by atoms with Crippen molar-refractivity contribution in [3.63, 3.8) is 0 Å². The molecular weight excluding hydrogens is 494 g/mol. The van der Waals surface area contributed by atoms with E-state index in [4.69, 9.17) is 11.6 Å². The Balaban J connectivity index is 1.83. The predicted molar refractivity (Wildman–Crippen MR) is 125 cm³/mol. The summed E-state index contributed by atoms with van der Waals surface area (Å²) in [5.41, 5.74) is 1.88. The Morgan fingerprint density at radius 3 is 1.97 bits per heavy atom. The molecule has 1 fully saturated rings. The van der Waals surface area contributed by atoms with E-state index in [0.29, 0.717) is 27.4 Å². The predicted octanol–water partition coefficient (Wildman–Crippen LogP) is 5.46. The van der Waals surface area contributed by atoms with Gasteiger partial charge in [-0.1, -0.05) is 39.7 Å². The molecule has 1 aliphatic heterocycles. The highest BCUT2D eigenvalue weighted by atomic mass is 79.9. The maximum atomic E-state index is 13.4. The first-order chi connectivity index (χ1) is 15.3. The van der Waals surface area contributed by atoms with Crippen LogP contribution in [0.25, 0.3) is 0 Å². The lowest BCUT2D eigenvalue weighted by molar-refractivity contribution is -0.135. The van der Waals surface area contributed by atoms with Gasteiger partial charge in [-0.25, -0.2) is 0 Å². The van der Waals surface area contributed by atoms with Crippen molar-refractivity contribution in [2.75, 3.05) is 4.90 Å². The molecule has 1 heterocycles. The molecule has 0 bridgehead atoms. The first-order valence-electron chi connectivity index (χ1n) is 9.81. The van der Waals surface area contributed by atoms with Gasteiger partial charge in [0.25, 0.3) is 5.91 Å². The second kappa shape index (κ2) is 8.81. The smallest absolute Gasteiger partial charge is 0.295 e. The molecule has 0 radical (unpaired) electrons. The fourth-order valence-corrected chi connectivity index (χ4v) is 4.25. The molecule has 1 amide bonds. The molecule has 0 aromatic heterocycles. The Morgan fingerprint density at radius 2 is 1.41 bits per heavy atom. The largest absolute Gasteiger partial charge is 0.297 e. The summed E-state index contributed by atoms with van der Waals surface area (Å²) in [6, 6.07) is 19.0. The molecule has 5 nitrogen and oxygen atoms in total. The van der Waals surface area contributed by atoms with Gasteiger partial charge >= 0.3 is 0 Å². The maximum Gasteiger partial charge on any atom is 0.295 e. The fourth-order valence-electron chi connectivity index (χ4n) is 3.86. The zero-order valence-electron chi connectivity index (χ0n) is 16.9. The number of halogens is 2. The van der Waals surface area contributed by atoms with Crippen LogP contribution in [-0.4, -0.2) is 23.3 Å². The van der Waals surface area contributed by atoms with Crippen LogP contribution in [0.15, 0.2) is 77.3 Å². The Morgan fingerprint density at radius 1 is 0.844 bits per heavy atom. The minimum atomic E-state index is -1.21. The molecule has 0 aliphatic carbocycles. The van der Waals surface area contributed by atoms with Crippen LogP contribution in [0.3, 0.4) is 0 Å². The van der Waals surface area contributed by atoms with Crippen molar-refractivity contribution in [2.24, 2.45) is 5.92 Å². The summed E-state index contributed by atoms with van der Waals surface area (Å²) in [6.45, 7) is 1.45. The summed E-state index contributed by atoms with van der Waals surface area (Å²) in [5.74, 6) is -3.30. The molecule has 0 N–H and O–H groups in total. The number of carbonyl (C=O) groups is 4. The highest BCUT2D eigenvalue weighted by Crippen LogP contribution is 2.41. The maximum absolute atomic E-state index is 13.4. The highest BCUT2D eigenvalue weighted by Gasteiger charge is 2.52. The van der Waals surface area contributed by atoms with Crippen molar-refractivity contribution in [1.82, 2.24) is 0 Å². The van der Waals surface area contributed by atoms with Crippen LogP contribution in [0, 0.1) is 5.92 Å². The number of rotatable bonds is 5. The van der Waals surface area contributed by atoms with Crippen LogP contribution >= 0.6 is 27.5 Å². The highest BCUT2D eigenvalue weighted by molar-refractivity contribution is 9.10. The van der Waals surface area contributed by atoms with Crippen molar-refractivity contribution in [1.29, 1.82) is 0 Å². The Kier molecular flexibility index (Phi) is 6.09. The molecule has 3 aromatic rings. The SMILES string of the molecule is CC(=O)c1ccc(N2C(=O)C(=O)C(C(=O)c3ccc(Cl)cc3)C2c2ccc(Br)cc2)cc1. The molecule has 0 spiro atoms. The van der Waals surface area contributed by atoms with Gasteiger partial charge in [-0.15, -0.1) is 0 Å². The minimum Gasteiger partial charge on any atom is -0.297 e. The number of nitrogens with zero attached hydrogens (tertiary/aromatic N) is 1. The second-order valence-electron chi connectivity index (χ2n) is 7.49. The number of Topliss-reactive ketones (excluding diaryl/α,β-unsaturated/α-hetero) is 3. The monoisotopic (exact) mass is 509 g/mol. The molecule has 1 saturated heterocycles. The first kappa shape index (κ1) is 22.1. The normalized spacial score (nSPS) is 18.2. The Hall–Kier alpha value is -3.09. The molecular formula is C25H17BrClNO4. The molecule has 4 rings (SSSR count). The molecule has 32 heavy (non-hydrogen) atoms. The topological polar surface area (TPSA) is 71.5 Å². The number of ketones is 3. The minimum absolute atomic E-state index is 0.111. The van der Waals surface area contributed by atoms with E-state index in [1.807, 2.05) is 0 Å². The lowest BCUT2D eigenvalue weighted by atomic mass is 9.86. The van der Waals surface area contributed by atoms with Gasteiger partial charge in [0.05, 0.1) is 6.04 Å². The number of hydrogen-bond donors (Lipinski definition) is 0. The summed E-state index contributed by atoms with van der Waals surface area (Å²) in [4.78, 5) is 52.6. The van der Waals surface area contributed by atoms with Crippen LogP contribution in [0.4, 0.5) is 5.69 Å². The van der Waals surface area contributed by atoms with E-state index in [-0.39, 0.29) is 5.78 Å². The Labute approximate surface area is 198 Å². The molecule has 2 unspecified atom stereocenters. The third-order valence-electron chi connectivity index (χ3n) is 5.48. The third-order valence-corrected chi connectivity index (χ3v) is 6.26. The number of anilines is 1. The lowest BCUT2D eigenvalue weighted by Gasteiger charge is -2.27. The van der Waals surface area contributed by atoms with Gasteiger partial charge in [0.2, 0.25) is 5.78 Å². The van der Waals surface area contributed by atoms with Crippen LogP contribution in [0.5, 0.6) is 0 Å². The van der Waals surface area contributed by atoms with Crippen molar-refractivity contribution >= 4 is 56.5 Å². The molecule has 1 aliphatic rings. The number of benzene rings is 3. The molecule has 0 saturated carbocycles. The first-order valence-corrected chi connectivity index (χ1v) is 11.0. The van der Waals surface area contributed by atoms with E-state index in [2.05, 4.69) is 15.9 Å². The summed E-state index contributed by atoms with van der Waals surface area (Å²) in [5, 5.41) is 0.465. The van der Waals surface area contributed by atoms with Crippen LogP contribution < -0.4 is 4.90 Å². The standard InChI is InChI=1S/C25H17BrClNO4/c1-14(29)15-6-12-20(13-7-15)28-22(16-2-8-18(26)9-3-16)21(24(31)25(28)32)23(30)17-4-10-19(27)11-5-17/h2-13,21-22H,1H3. The van der Waals surface area contributed by atoms with Gasteiger partial charge in [0.1, 0.15) is 5.92 Å².